The zero-order valence-corrected chi connectivity index (χ0v) is 10.2. The number of rotatable bonds is 4. The minimum atomic E-state index is -4.93. The maximum Gasteiger partial charge on any atom is 0.471 e. The van der Waals surface area contributed by atoms with Gasteiger partial charge in [-0.1, -0.05) is 6.07 Å². The topological polar surface area (TPSA) is 55.4 Å². The van der Waals surface area contributed by atoms with Crippen LogP contribution in [0.15, 0.2) is 18.2 Å². The summed E-state index contributed by atoms with van der Waals surface area (Å²) >= 11 is 0. The first kappa shape index (κ1) is 15.0. The smallest absolute Gasteiger partial charge is 0.471 e. The second kappa shape index (κ2) is 5.73. The summed E-state index contributed by atoms with van der Waals surface area (Å²) in [5.41, 5.74) is 0.681. The van der Waals surface area contributed by atoms with E-state index in [1.165, 1.54) is 32.2 Å². The first-order valence-electron chi connectivity index (χ1n) is 5.30. The molecule has 1 unspecified atom stereocenters. The van der Waals surface area contributed by atoms with Gasteiger partial charge in [0.1, 0.15) is 5.75 Å². The number of amides is 1. The van der Waals surface area contributed by atoms with Gasteiger partial charge in [-0.15, -0.1) is 0 Å². The van der Waals surface area contributed by atoms with Crippen LogP contribution in [0, 0.1) is 0 Å². The van der Waals surface area contributed by atoms with E-state index in [0.717, 1.165) is 0 Å². The van der Waals surface area contributed by atoms with E-state index in [4.69, 9.17) is 4.74 Å². The maximum atomic E-state index is 12.1. The molecule has 0 aliphatic rings. The van der Waals surface area contributed by atoms with Crippen LogP contribution in [0.2, 0.25) is 0 Å². The number of aldehydes is 1. The molecule has 0 aliphatic heterocycles. The molecule has 1 amide bonds. The summed E-state index contributed by atoms with van der Waals surface area (Å²) in [6.07, 6.45) is -4.36. The van der Waals surface area contributed by atoms with Crippen LogP contribution in [0.5, 0.6) is 5.75 Å². The molecular weight excluding hydrogens is 263 g/mol. The van der Waals surface area contributed by atoms with Gasteiger partial charge < -0.3 is 10.1 Å². The van der Waals surface area contributed by atoms with Gasteiger partial charge in [0.15, 0.2) is 6.29 Å². The zero-order chi connectivity index (χ0) is 14.6. The second-order valence-corrected chi connectivity index (χ2v) is 3.81. The molecule has 0 heterocycles. The van der Waals surface area contributed by atoms with E-state index < -0.39 is 18.1 Å². The number of hydrogen-bond acceptors (Lipinski definition) is 3. The van der Waals surface area contributed by atoms with Crippen molar-refractivity contribution in [3.8, 4) is 5.75 Å². The maximum absolute atomic E-state index is 12.1. The summed E-state index contributed by atoms with van der Waals surface area (Å²) in [6.45, 7) is 1.40. The van der Waals surface area contributed by atoms with Crippen molar-refractivity contribution in [2.24, 2.45) is 0 Å². The van der Waals surface area contributed by atoms with Crippen LogP contribution in [0.3, 0.4) is 0 Å². The van der Waals surface area contributed by atoms with Crippen LogP contribution in [0.4, 0.5) is 13.2 Å². The van der Waals surface area contributed by atoms with Crippen LogP contribution < -0.4 is 10.1 Å². The van der Waals surface area contributed by atoms with Crippen LogP contribution in [-0.4, -0.2) is 25.5 Å². The van der Waals surface area contributed by atoms with Crippen molar-refractivity contribution in [1.82, 2.24) is 5.32 Å². The monoisotopic (exact) mass is 275 g/mol. The molecule has 0 spiro atoms. The number of carbonyl (C=O) groups is 2. The van der Waals surface area contributed by atoms with Crippen LogP contribution in [-0.2, 0) is 4.79 Å². The van der Waals surface area contributed by atoms with Gasteiger partial charge in [-0.05, 0) is 24.6 Å². The minimum Gasteiger partial charge on any atom is -0.496 e. The van der Waals surface area contributed by atoms with E-state index in [1.54, 1.807) is 0 Å². The fourth-order valence-corrected chi connectivity index (χ4v) is 1.46. The summed E-state index contributed by atoms with van der Waals surface area (Å²) in [7, 11) is 1.34. The standard InChI is InChI=1S/C12H12F3NO3/c1-7(16-11(18)12(13,14)15)8-3-4-9(6-17)10(5-8)19-2/h3-7H,1-2H3,(H,16,18). The third-order valence-corrected chi connectivity index (χ3v) is 2.49. The molecule has 104 valence electrons. The van der Waals surface area contributed by atoms with Gasteiger partial charge in [-0.2, -0.15) is 13.2 Å². The molecule has 0 aromatic heterocycles. The highest BCUT2D eigenvalue weighted by Gasteiger charge is 2.39. The third-order valence-electron chi connectivity index (χ3n) is 2.49. The quantitative estimate of drug-likeness (QED) is 0.857. The Morgan fingerprint density at radius 2 is 2.05 bits per heavy atom. The summed E-state index contributed by atoms with van der Waals surface area (Å²) in [5, 5.41) is 1.82. The number of ether oxygens (including phenoxy) is 1. The average Bonchev–Trinajstić information content (AvgIpc) is 2.36. The normalized spacial score (nSPS) is 12.7. The Labute approximate surface area is 107 Å². The number of nitrogens with one attached hydrogen (secondary N) is 1. The Kier molecular flexibility index (Phi) is 4.52. The number of benzene rings is 1. The largest absolute Gasteiger partial charge is 0.496 e. The van der Waals surface area contributed by atoms with E-state index >= 15 is 0 Å². The number of hydrogen-bond donors (Lipinski definition) is 1. The van der Waals surface area contributed by atoms with Gasteiger partial charge in [-0.25, -0.2) is 0 Å². The molecule has 19 heavy (non-hydrogen) atoms. The Hall–Kier alpha value is -2.05. The molecule has 1 aromatic carbocycles. The van der Waals surface area contributed by atoms with Gasteiger partial charge in [0.05, 0.1) is 18.7 Å². The predicted octanol–water partition coefficient (Wildman–Crippen LogP) is 2.25. The Morgan fingerprint density at radius 3 is 2.53 bits per heavy atom. The minimum absolute atomic E-state index is 0.237. The molecule has 1 rings (SSSR count). The van der Waals surface area contributed by atoms with Crippen molar-refractivity contribution >= 4 is 12.2 Å². The number of halogens is 3. The molecule has 0 bridgehead atoms. The Morgan fingerprint density at radius 1 is 1.42 bits per heavy atom. The van der Waals surface area contributed by atoms with Gasteiger partial charge in [-0.3, -0.25) is 9.59 Å². The Bertz CT molecular complexity index is 486. The summed E-state index contributed by atoms with van der Waals surface area (Å²) in [4.78, 5) is 21.5. The van der Waals surface area contributed by atoms with Crippen molar-refractivity contribution < 1.29 is 27.5 Å². The van der Waals surface area contributed by atoms with Gasteiger partial charge in [0.25, 0.3) is 0 Å². The third kappa shape index (κ3) is 3.70. The van der Waals surface area contributed by atoms with E-state index in [9.17, 15) is 22.8 Å². The summed E-state index contributed by atoms with van der Waals surface area (Å²) in [6, 6.07) is 3.42. The van der Waals surface area contributed by atoms with Crippen molar-refractivity contribution in [2.45, 2.75) is 19.1 Å². The highest BCUT2D eigenvalue weighted by Crippen LogP contribution is 2.24. The lowest BCUT2D eigenvalue weighted by atomic mass is 10.1. The van der Waals surface area contributed by atoms with Crippen molar-refractivity contribution in [3.63, 3.8) is 0 Å². The molecule has 7 heteroatoms. The molecule has 0 fully saturated rings. The molecule has 0 radical (unpaired) electrons. The van der Waals surface area contributed by atoms with E-state index in [2.05, 4.69) is 0 Å². The first-order chi connectivity index (χ1) is 8.79. The highest BCUT2D eigenvalue weighted by molar-refractivity contribution is 5.82. The molecule has 4 nitrogen and oxygen atoms in total. The van der Waals surface area contributed by atoms with E-state index in [0.29, 0.717) is 11.8 Å². The molecule has 0 saturated carbocycles. The SMILES string of the molecule is COc1cc(C(C)NC(=O)C(F)(F)F)ccc1C=O. The van der Waals surface area contributed by atoms with Crippen LogP contribution >= 0.6 is 0 Å². The lowest BCUT2D eigenvalue weighted by Crippen LogP contribution is -2.38. The van der Waals surface area contributed by atoms with E-state index in [-0.39, 0.29) is 11.3 Å². The van der Waals surface area contributed by atoms with Crippen molar-refractivity contribution in [1.29, 1.82) is 0 Å². The van der Waals surface area contributed by atoms with Crippen molar-refractivity contribution in [2.75, 3.05) is 7.11 Å². The molecule has 1 N–H and O–H groups in total. The molecule has 0 saturated heterocycles. The van der Waals surface area contributed by atoms with E-state index in [1.807, 2.05) is 5.32 Å². The Balaban J connectivity index is 2.92. The van der Waals surface area contributed by atoms with Gasteiger partial charge in [0.2, 0.25) is 0 Å². The van der Waals surface area contributed by atoms with Crippen molar-refractivity contribution in [3.05, 3.63) is 29.3 Å². The fraction of sp³-hybridized carbons (Fsp3) is 0.333. The van der Waals surface area contributed by atoms with Gasteiger partial charge in [0, 0.05) is 0 Å². The van der Waals surface area contributed by atoms with Crippen LogP contribution in [0.25, 0.3) is 0 Å². The molecular formula is C12H12F3NO3. The lowest BCUT2D eigenvalue weighted by molar-refractivity contribution is -0.174. The number of methoxy groups -OCH3 is 1. The number of carbonyl (C=O) groups excluding carboxylic acids is 2. The first-order valence-corrected chi connectivity index (χ1v) is 5.30. The number of alkyl halides is 3. The lowest BCUT2D eigenvalue weighted by Gasteiger charge is -2.16. The highest BCUT2D eigenvalue weighted by atomic mass is 19.4. The summed E-state index contributed by atoms with van der Waals surface area (Å²) in [5.74, 6) is -1.78. The van der Waals surface area contributed by atoms with Crippen LogP contribution in [0.1, 0.15) is 28.9 Å². The van der Waals surface area contributed by atoms with Gasteiger partial charge >= 0.3 is 12.1 Å². The molecule has 0 aliphatic carbocycles. The molecule has 1 aromatic rings. The summed E-state index contributed by atoms with van der Waals surface area (Å²) < 4.78 is 41.3. The molecule has 1 atom stereocenters. The average molecular weight is 275 g/mol. The fourth-order valence-electron chi connectivity index (χ4n) is 1.46. The predicted molar refractivity (Wildman–Crippen MR) is 61.0 cm³/mol. The second-order valence-electron chi connectivity index (χ2n) is 3.81. The zero-order valence-electron chi connectivity index (χ0n) is 10.2.